The average molecular weight is 1670 g/mol. The summed E-state index contributed by atoms with van der Waals surface area (Å²) in [5.74, 6) is 0.285. The van der Waals surface area contributed by atoms with E-state index in [0.717, 1.165) is 46.5 Å². The molecule has 0 radical (unpaired) electrons. The van der Waals surface area contributed by atoms with Crippen molar-refractivity contribution < 1.29 is 85.3 Å². The SMILES string of the molecule is CC(C)COC(=O)[C@H](C)NC(=O)Cc1ccsc1Sc1ccccc1.CC(C)COC(=O)[C@H](C)NC(=O)Cc1coc(-c2ccccc2)n1.CC(C)COC(=O)[C@H](C)NC(=O)Cc1nc(-c2ccccc2)ns1.COc1ccc2cc(CC(=O)N[C@@H](C)C(=O)OCC(C)C)sc2c1.Cc1cc(CC(=O)N[C@@H](C)C(=O)OCC(C)C)on1. The molecule has 5 heterocycles. The molecular formula is C85H109N9O18S4. The van der Waals surface area contributed by atoms with E-state index >= 15 is 0 Å². The topological polar surface area (TPSA) is 364 Å². The quantitative estimate of drug-likeness (QED) is 0.0182. The maximum Gasteiger partial charge on any atom is 0.328 e. The Balaban J connectivity index is 0.000000259. The van der Waals surface area contributed by atoms with Crippen LogP contribution in [0, 0.1) is 36.5 Å². The van der Waals surface area contributed by atoms with Crippen molar-refractivity contribution in [1.82, 2.24) is 46.1 Å². The second-order valence-electron chi connectivity index (χ2n) is 29.0. The highest BCUT2D eigenvalue weighted by Gasteiger charge is 2.25. The van der Waals surface area contributed by atoms with Crippen LogP contribution in [0.1, 0.15) is 136 Å². The molecule has 5 aromatic heterocycles. The van der Waals surface area contributed by atoms with Crippen molar-refractivity contribution in [3.63, 3.8) is 0 Å². The monoisotopic (exact) mass is 1670 g/mol. The van der Waals surface area contributed by atoms with E-state index < -0.39 is 60.1 Å². The molecule has 116 heavy (non-hydrogen) atoms. The molecule has 27 nitrogen and oxygen atoms in total. The van der Waals surface area contributed by atoms with Crippen LogP contribution in [0.4, 0.5) is 0 Å². The molecule has 9 aromatic rings. The van der Waals surface area contributed by atoms with Gasteiger partial charge in [0.05, 0.1) is 87.8 Å². The highest BCUT2D eigenvalue weighted by atomic mass is 32.2. The zero-order valence-corrected chi connectivity index (χ0v) is 72.2. The van der Waals surface area contributed by atoms with E-state index in [9.17, 15) is 47.9 Å². The van der Waals surface area contributed by atoms with Crippen LogP contribution in [-0.2, 0) is 104 Å². The fourth-order valence-electron chi connectivity index (χ4n) is 9.47. The number of hydrogen-bond donors (Lipinski definition) is 5. The van der Waals surface area contributed by atoms with Gasteiger partial charge in [-0.1, -0.05) is 153 Å². The largest absolute Gasteiger partial charge is 0.497 e. The molecule has 0 bridgehead atoms. The zero-order chi connectivity index (χ0) is 85.4. The minimum atomic E-state index is -0.697. The molecule has 0 saturated carbocycles. The molecule has 4 aromatic carbocycles. The number of hydrogen-bond acceptors (Lipinski definition) is 26. The number of fused-ring (bicyclic) bond motifs is 1. The van der Waals surface area contributed by atoms with Crippen molar-refractivity contribution >= 4 is 115 Å². The predicted octanol–water partition coefficient (Wildman–Crippen LogP) is 13.6. The molecule has 5 amide bonds. The van der Waals surface area contributed by atoms with Crippen LogP contribution in [0.3, 0.4) is 0 Å². The van der Waals surface area contributed by atoms with E-state index in [1.54, 1.807) is 89.2 Å². The third-order valence-electron chi connectivity index (χ3n) is 15.3. The van der Waals surface area contributed by atoms with Crippen LogP contribution in [-0.4, -0.2) is 149 Å². The smallest absolute Gasteiger partial charge is 0.328 e. The van der Waals surface area contributed by atoms with Crippen LogP contribution in [0.2, 0.25) is 0 Å². The molecular weight excluding hydrogens is 1560 g/mol. The average Bonchev–Trinajstić information content (AvgIpc) is 1.68. The number of nitrogens with zero attached hydrogens (tertiary/aromatic N) is 4. The Bertz CT molecular complexity index is 4420. The molecule has 31 heteroatoms. The summed E-state index contributed by atoms with van der Waals surface area (Å²) < 4.78 is 47.4. The van der Waals surface area contributed by atoms with E-state index in [2.05, 4.69) is 46.1 Å². The molecule has 0 aliphatic carbocycles. The second kappa shape index (κ2) is 50.7. The molecule has 626 valence electrons. The lowest BCUT2D eigenvalue weighted by molar-refractivity contribution is -0.148. The third-order valence-corrected chi connectivity index (χ3v) is 19.4. The van der Waals surface area contributed by atoms with E-state index in [1.807, 2.05) is 196 Å². The van der Waals surface area contributed by atoms with Crippen LogP contribution in [0.15, 0.2) is 157 Å². The van der Waals surface area contributed by atoms with Crippen molar-refractivity contribution in [2.45, 2.75) is 182 Å². The van der Waals surface area contributed by atoms with Crippen LogP contribution in [0.25, 0.3) is 32.9 Å². The van der Waals surface area contributed by atoms with E-state index in [0.29, 0.717) is 66.9 Å². The first-order chi connectivity index (χ1) is 55.1. The number of nitrogens with one attached hydrogen (secondary N) is 5. The number of rotatable bonds is 35. The van der Waals surface area contributed by atoms with Crippen molar-refractivity contribution in [3.05, 3.63) is 172 Å². The van der Waals surface area contributed by atoms with Gasteiger partial charge in [0, 0.05) is 31.7 Å². The number of ether oxygens (including phenoxy) is 6. The summed E-state index contributed by atoms with van der Waals surface area (Å²) in [6.45, 7) is 31.2. The molecule has 0 unspecified atom stereocenters. The standard InChI is InChI=1S/C19H23NO3S2.C18H22N2O4.C18H23NO4S.C17H21N3O3S.C13H20N2O4/c1-13(2)12-23-18(22)14(3)20-17(21)11-15-9-10-24-19(15)25-16-7-5-4-6-8-16;1-12(2)10-24-18(22)13(3)19-16(21)9-15-11-23-17(20-15)14-7-5-4-6-8-14;1-11(2)10-23-18(21)12(3)19-17(20)9-15-7-13-5-6-14(22-4)8-16(13)24-15;1-11(2)10-23-17(22)12(3)18-14(21)9-15-19-16(20-24-15)13-7-5-4-6-8-13;1-8(2)7-18-13(17)10(4)14-12(16)6-11-5-9(3)15-19-11/h4-10,13-14H,11-12H2,1-3H3,(H,20,21);4-8,11-13H,9-10H2,1-3H3,(H,19,21);5-8,11-12H,9-10H2,1-4H3,(H,19,20);4-8,11-12H,9-10H2,1-3H3,(H,18,21);5,8,10H,6-7H2,1-4H3,(H,14,16)/t14-;13-;2*12-;10-/m00000/s1. The Labute approximate surface area is 694 Å². The van der Waals surface area contributed by atoms with Crippen LogP contribution >= 0.6 is 46.0 Å². The maximum absolute atomic E-state index is 12.2. The number of methoxy groups -OCH3 is 1. The van der Waals surface area contributed by atoms with Crippen molar-refractivity contribution in [3.8, 4) is 28.6 Å². The first kappa shape index (κ1) is 96.0. The molecule has 0 fully saturated rings. The number of aromatic nitrogens is 4. The third kappa shape index (κ3) is 37.3. The maximum atomic E-state index is 12.2. The van der Waals surface area contributed by atoms with Crippen molar-refractivity contribution in [1.29, 1.82) is 0 Å². The van der Waals surface area contributed by atoms with Crippen LogP contribution < -0.4 is 31.3 Å². The van der Waals surface area contributed by atoms with Gasteiger partial charge in [0.15, 0.2) is 5.82 Å². The van der Waals surface area contributed by atoms with Gasteiger partial charge in [0.2, 0.25) is 35.4 Å². The normalized spacial score (nSPS) is 12.1. The van der Waals surface area contributed by atoms with Gasteiger partial charge in [-0.2, -0.15) is 4.37 Å². The lowest BCUT2D eigenvalue weighted by Gasteiger charge is -2.14. The van der Waals surface area contributed by atoms with Gasteiger partial charge in [0.25, 0.3) is 0 Å². The van der Waals surface area contributed by atoms with Gasteiger partial charge in [0.1, 0.15) is 53.0 Å². The lowest BCUT2D eigenvalue weighted by atomic mass is 10.2. The molecule has 0 saturated heterocycles. The summed E-state index contributed by atoms with van der Waals surface area (Å²) in [7, 11) is 1.63. The zero-order valence-electron chi connectivity index (χ0n) is 68.9. The minimum absolute atomic E-state index is 0.0398. The Hall–Kier alpha value is -10.6. The molecule has 0 aliphatic heterocycles. The highest BCUT2D eigenvalue weighted by Crippen LogP contribution is 2.35. The number of carbonyl (C=O) groups excluding carboxylic acids is 10. The first-order valence-corrected chi connectivity index (χ1v) is 41.4. The fraction of sp³-hybridized carbons (Fsp3) is 0.435. The molecule has 0 spiro atoms. The van der Waals surface area contributed by atoms with Gasteiger partial charge in [-0.3, -0.25) is 24.0 Å². The van der Waals surface area contributed by atoms with Crippen molar-refractivity contribution in [2.24, 2.45) is 29.6 Å². The predicted molar refractivity (Wildman–Crippen MR) is 447 cm³/mol. The summed E-state index contributed by atoms with van der Waals surface area (Å²) in [5, 5.41) is 20.5. The Morgan fingerprint density at radius 2 is 0.897 bits per heavy atom. The molecule has 9 rings (SSSR count). The number of amides is 5. The molecule has 0 aliphatic rings. The van der Waals surface area contributed by atoms with Gasteiger partial charge in [-0.15, -0.1) is 22.7 Å². The second-order valence-corrected chi connectivity index (χ2v) is 33.3. The number of thiophene rings is 2. The summed E-state index contributed by atoms with van der Waals surface area (Å²) in [4.78, 5) is 130. The fourth-order valence-corrected chi connectivity index (χ4v) is 13.3. The molecule has 5 atom stereocenters. The number of carbonyl (C=O) groups is 10. The van der Waals surface area contributed by atoms with Gasteiger partial charge < -0.3 is 63.9 Å². The number of aryl methyl sites for hydroxylation is 1. The van der Waals surface area contributed by atoms with Crippen molar-refractivity contribution in [2.75, 3.05) is 40.1 Å². The lowest BCUT2D eigenvalue weighted by Crippen LogP contribution is -2.40. The minimum Gasteiger partial charge on any atom is -0.497 e. The Kier molecular flexibility index (Phi) is 41.9. The summed E-state index contributed by atoms with van der Waals surface area (Å²) >= 11 is 5.99. The van der Waals surface area contributed by atoms with Gasteiger partial charge in [-0.05, 0) is 154 Å². The first-order valence-electron chi connectivity index (χ1n) is 38.1. The Morgan fingerprint density at radius 3 is 1.34 bits per heavy atom. The summed E-state index contributed by atoms with van der Waals surface area (Å²) in [6, 6.07) is 37.1. The van der Waals surface area contributed by atoms with Crippen LogP contribution in [0.5, 0.6) is 5.75 Å². The Morgan fingerprint density at radius 1 is 0.466 bits per heavy atom. The summed E-state index contributed by atoms with van der Waals surface area (Å²) in [6.07, 6.45) is 2.13. The summed E-state index contributed by atoms with van der Waals surface area (Å²) in [5.41, 5.74) is 3.95. The number of esters is 5. The van der Waals surface area contributed by atoms with Gasteiger partial charge in [-0.25, -0.2) is 33.9 Å². The molecule has 5 N–H and O–H groups in total. The van der Waals surface area contributed by atoms with Gasteiger partial charge >= 0.3 is 29.8 Å². The number of benzene rings is 4. The van der Waals surface area contributed by atoms with E-state index in [-0.39, 0.29) is 91.2 Å². The van der Waals surface area contributed by atoms with E-state index in [1.165, 1.54) is 17.8 Å². The number of oxazole rings is 1. The highest BCUT2D eigenvalue weighted by molar-refractivity contribution is 8.01. The van der Waals surface area contributed by atoms with E-state index in [4.69, 9.17) is 37.4 Å².